The Morgan fingerprint density at radius 3 is 2.41 bits per heavy atom. The fraction of sp³-hybridized carbons (Fsp3) is 0.192. The molecule has 1 heterocycles. The van der Waals surface area contributed by atoms with Gasteiger partial charge < -0.3 is 14.6 Å². The van der Waals surface area contributed by atoms with Crippen molar-refractivity contribution in [3.05, 3.63) is 100.0 Å². The standard InChI is InChI=1S/C26H25N5O6/c1-3-29(25(34)31-26(35)30(27-28-31)21-11-7-8-12-23(21)36-2)22-15-19(24(32)33)13-14-20(22)17-37-16-18-9-5-4-6-10-18/h4-15H,3,16-17H2,1-2H3,(H,32,33). The second-order valence-corrected chi connectivity index (χ2v) is 7.91. The summed E-state index contributed by atoms with van der Waals surface area (Å²) in [6, 6.07) is 19.9. The van der Waals surface area contributed by atoms with Gasteiger partial charge in [-0.25, -0.2) is 14.4 Å². The maximum atomic E-state index is 13.5. The van der Waals surface area contributed by atoms with Crippen LogP contribution in [0.1, 0.15) is 28.4 Å². The number of tetrazole rings is 1. The van der Waals surface area contributed by atoms with Crippen LogP contribution >= 0.6 is 0 Å². The molecule has 3 aromatic carbocycles. The van der Waals surface area contributed by atoms with Gasteiger partial charge in [0.25, 0.3) is 0 Å². The zero-order valence-corrected chi connectivity index (χ0v) is 20.3. The number of carbonyl (C=O) groups excluding carboxylic acids is 1. The minimum Gasteiger partial charge on any atom is -0.494 e. The maximum Gasteiger partial charge on any atom is 0.377 e. The van der Waals surface area contributed by atoms with E-state index in [2.05, 4.69) is 10.4 Å². The van der Waals surface area contributed by atoms with Crippen molar-refractivity contribution in [2.45, 2.75) is 20.1 Å². The zero-order valence-electron chi connectivity index (χ0n) is 20.3. The monoisotopic (exact) mass is 503 g/mol. The molecule has 0 bridgehead atoms. The van der Waals surface area contributed by atoms with Crippen molar-refractivity contribution in [3.8, 4) is 11.4 Å². The number of carboxylic acid groups (broad SMARTS) is 1. The van der Waals surface area contributed by atoms with Crippen LogP contribution in [0.5, 0.6) is 5.75 Å². The number of benzene rings is 3. The van der Waals surface area contributed by atoms with Crippen LogP contribution in [0, 0.1) is 0 Å². The lowest BCUT2D eigenvalue weighted by atomic mass is 10.1. The van der Waals surface area contributed by atoms with E-state index < -0.39 is 17.7 Å². The van der Waals surface area contributed by atoms with Crippen LogP contribution in [0.4, 0.5) is 10.5 Å². The number of carbonyl (C=O) groups is 2. The molecule has 11 heteroatoms. The number of anilines is 1. The average Bonchev–Trinajstić information content (AvgIpc) is 3.31. The van der Waals surface area contributed by atoms with Gasteiger partial charge in [0.15, 0.2) is 0 Å². The van der Waals surface area contributed by atoms with Gasteiger partial charge in [-0.15, -0.1) is 4.68 Å². The van der Waals surface area contributed by atoms with Crippen LogP contribution in [0.3, 0.4) is 0 Å². The van der Waals surface area contributed by atoms with E-state index in [0.29, 0.717) is 34.0 Å². The van der Waals surface area contributed by atoms with Gasteiger partial charge in [0.2, 0.25) is 0 Å². The lowest BCUT2D eigenvalue weighted by molar-refractivity contribution is 0.0696. The van der Waals surface area contributed by atoms with Gasteiger partial charge in [-0.1, -0.05) is 48.5 Å². The van der Waals surface area contributed by atoms with Gasteiger partial charge in [0, 0.05) is 12.1 Å². The number of aromatic nitrogens is 4. The third-order valence-corrected chi connectivity index (χ3v) is 5.62. The summed E-state index contributed by atoms with van der Waals surface area (Å²) < 4.78 is 12.7. The molecule has 0 aliphatic carbocycles. The van der Waals surface area contributed by atoms with Crippen LogP contribution in [0.2, 0.25) is 0 Å². The SMILES string of the molecule is CCN(C(=O)n1nnn(-c2ccccc2OC)c1=O)c1cc(C(=O)O)ccc1COCc1ccccc1. The first-order valence-electron chi connectivity index (χ1n) is 11.4. The molecule has 0 aliphatic heterocycles. The van der Waals surface area contributed by atoms with Gasteiger partial charge in [0.1, 0.15) is 11.4 Å². The highest BCUT2D eigenvalue weighted by molar-refractivity contribution is 5.96. The Labute approximate surface area is 212 Å². The smallest absolute Gasteiger partial charge is 0.377 e. The molecule has 190 valence electrons. The van der Waals surface area contributed by atoms with E-state index in [1.54, 1.807) is 37.3 Å². The third-order valence-electron chi connectivity index (χ3n) is 5.62. The molecule has 1 amide bonds. The predicted octanol–water partition coefficient (Wildman–Crippen LogP) is 3.35. The molecule has 11 nitrogen and oxygen atoms in total. The molecule has 1 aromatic heterocycles. The number of para-hydroxylation sites is 2. The summed E-state index contributed by atoms with van der Waals surface area (Å²) in [6.45, 7) is 2.27. The Morgan fingerprint density at radius 2 is 1.70 bits per heavy atom. The number of amides is 1. The van der Waals surface area contributed by atoms with Gasteiger partial charge in [-0.2, -0.15) is 4.68 Å². The minimum atomic E-state index is -1.15. The summed E-state index contributed by atoms with van der Waals surface area (Å²) in [6.07, 6.45) is 0. The van der Waals surface area contributed by atoms with E-state index in [0.717, 1.165) is 10.2 Å². The highest BCUT2D eigenvalue weighted by Crippen LogP contribution is 2.25. The van der Waals surface area contributed by atoms with E-state index in [9.17, 15) is 19.5 Å². The number of hydrogen-bond donors (Lipinski definition) is 1. The Hall–Kier alpha value is -4.77. The Morgan fingerprint density at radius 1 is 0.973 bits per heavy atom. The van der Waals surface area contributed by atoms with Crippen molar-refractivity contribution in [2.75, 3.05) is 18.6 Å². The number of hydrogen-bond acceptors (Lipinski definition) is 7. The van der Waals surface area contributed by atoms with Crippen LogP contribution in [-0.4, -0.2) is 50.6 Å². The molecule has 0 saturated carbocycles. The molecule has 0 atom stereocenters. The number of ether oxygens (including phenoxy) is 2. The van der Waals surface area contributed by atoms with Gasteiger partial charge in [0.05, 0.1) is 31.6 Å². The van der Waals surface area contributed by atoms with Crippen molar-refractivity contribution in [2.24, 2.45) is 0 Å². The summed E-state index contributed by atoms with van der Waals surface area (Å²) in [5.74, 6) is -0.774. The fourth-order valence-electron chi connectivity index (χ4n) is 3.77. The number of aromatic carboxylic acids is 1. The molecule has 0 spiro atoms. The van der Waals surface area contributed by atoms with E-state index in [1.807, 2.05) is 30.3 Å². The largest absolute Gasteiger partial charge is 0.494 e. The Bertz CT molecular complexity index is 1460. The lowest BCUT2D eigenvalue weighted by Crippen LogP contribution is -2.41. The number of nitrogens with zero attached hydrogens (tertiary/aromatic N) is 5. The summed E-state index contributed by atoms with van der Waals surface area (Å²) in [4.78, 5) is 39.5. The predicted molar refractivity (Wildman–Crippen MR) is 134 cm³/mol. The molecule has 0 fully saturated rings. The molecule has 0 aliphatic rings. The van der Waals surface area contributed by atoms with E-state index in [4.69, 9.17) is 9.47 Å². The van der Waals surface area contributed by atoms with E-state index >= 15 is 0 Å². The van der Waals surface area contributed by atoms with Gasteiger partial charge >= 0.3 is 17.7 Å². The first-order chi connectivity index (χ1) is 17.9. The van der Waals surface area contributed by atoms with E-state index in [-0.39, 0.29) is 18.7 Å². The number of methoxy groups -OCH3 is 1. The molecule has 0 radical (unpaired) electrons. The van der Waals surface area contributed by atoms with Crippen molar-refractivity contribution < 1.29 is 24.2 Å². The highest BCUT2D eigenvalue weighted by atomic mass is 16.5. The van der Waals surface area contributed by atoms with Crippen molar-refractivity contribution in [1.29, 1.82) is 0 Å². The molecule has 1 N–H and O–H groups in total. The summed E-state index contributed by atoms with van der Waals surface area (Å²) >= 11 is 0. The fourth-order valence-corrected chi connectivity index (χ4v) is 3.77. The average molecular weight is 504 g/mol. The maximum absolute atomic E-state index is 13.5. The number of carboxylic acids is 1. The van der Waals surface area contributed by atoms with Crippen molar-refractivity contribution in [1.82, 2.24) is 19.8 Å². The van der Waals surface area contributed by atoms with Crippen LogP contribution < -0.4 is 15.3 Å². The van der Waals surface area contributed by atoms with Gasteiger partial charge in [-0.3, -0.25) is 4.90 Å². The summed E-state index contributed by atoms with van der Waals surface area (Å²) in [5.41, 5.74) is 1.33. The van der Waals surface area contributed by atoms with Crippen molar-refractivity contribution in [3.63, 3.8) is 0 Å². The molecule has 0 unspecified atom stereocenters. The van der Waals surface area contributed by atoms with Crippen LogP contribution in [0.25, 0.3) is 5.69 Å². The first kappa shape index (κ1) is 25.3. The van der Waals surface area contributed by atoms with Gasteiger partial charge in [-0.05, 0) is 47.2 Å². The zero-order chi connectivity index (χ0) is 26.4. The minimum absolute atomic E-state index is 0.0157. The lowest BCUT2D eigenvalue weighted by Gasteiger charge is -2.23. The Kier molecular flexibility index (Phi) is 7.74. The topological polar surface area (TPSA) is 129 Å². The van der Waals surface area contributed by atoms with Crippen LogP contribution in [0.15, 0.2) is 77.6 Å². The third kappa shape index (κ3) is 5.41. The van der Waals surface area contributed by atoms with Crippen molar-refractivity contribution >= 4 is 17.7 Å². The second kappa shape index (κ2) is 11.3. The molecule has 37 heavy (non-hydrogen) atoms. The van der Waals surface area contributed by atoms with E-state index in [1.165, 1.54) is 24.1 Å². The summed E-state index contributed by atoms with van der Waals surface area (Å²) in [7, 11) is 1.45. The molecular formula is C26H25N5O6. The normalized spacial score (nSPS) is 10.8. The molecular weight excluding hydrogens is 478 g/mol. The second-order valence-electron chi connectivity index (χ2n) is 7.91. The first-order valence-corrected chi connectivity index (χ1v) is 11.4. The number of rotatable bonds is 9. The summed E-state index contributed by atoms with van der Waals surface area (Å²) in [5, 5.41) is 17.2. The quantitative estimate of drug-likeness (QED) is 0.344. The van der Waals surface area contributed by atoms with Crippen LogP contribution in [-0.2, 0) is 18.0 Å². The Balaban J connectivity index is 1.67. The molecule has 0 saturated heterocycles. The molecule has 4 aromatic rings. The highest BCUT2D eigenvalue weighted by Gasteiger charge is 2.25. The molecule has 4 rings (SSSR count).